The van der Waals surface area contributed by atoms with E-state index in [0.29, 0.717) is 5.82 Å². The van der Waals surface area contributed by atoms with E-state index in [4.69, 9.17) is 10.1 Å². The maximum Gasteiger partial charge on any atom is 0.182 e. The van der Waals surface area contributed by atoms with Crippen LogP contribution in [0.25, 0.3) is 84.1 Å². The molecule has 0 bridgehead atoms. The van der Waals surface area contributed by atoms with Crippen molar-refractivity contribution in [3.63, 3.8) is 0 Å². The van der Waals surface area contributed by atoms with Crippen molar-refractivity contribution in [3.05, 3.63) is 267 Å². The van der Waals surface area contributed by atoms with Crippen LogP contribution in [0.2, 0.25) is 0 Å². The Morgan fingerprint density at radius 1 is 0.258 bits per heavy atom. The molecular weight excluding hydrogens is 801 g/mol. The lowest BCUT2D eigenvalue weighted by molar-refractivity contribution is 0.891. The van der Waals surface area contributed by atoms with Gasteiger partial charge in [-0.3, -0.25) is 0 Å². The van der Waals surface area contributed by atoms with Gasteiger partial charge in [-0.05, 0) is 104 Å². The summed E-state index contributed by atoms with van der Waals surface area (Å²) >= 11 is 0. The molecule has 11 aromatic rings. The topological polar surface area (TPSA) is 34.0 Å². The molecule has 312 valence electrons. The normalized spacial score (nSPS) is 11.0. The first-order valence-electron chi connectivity index (χ1n) is 22.3. The second-order valence-corrected chi connectivity index (χ2v) is 16.2. The minimum Gasteiger partial charge on any atom is -0.311 e. The van der Waals surface area contributed by atoms with E-state index in [1.807, 2.05) is 10.7 Å². The van der Waals surface area contributed by atoms with Gasteiger partial charge >= 0.3 is 0 Å². The monoisotopic (exact) mass is 844 g/mol. The molecule has 0 saturated heterocycles. The summed E-state index contributed by atoms with van der Waals surface area (Å²) in [5, 5.41) is 5.31. The fraction of sp³-hybridized carbons (Fsp3) is 0. The second kappa shape index (κ2) is 18.1. The van der Waals surface area contributed by atoms with Crippen LogP contribution in [0.3, 0.4) is 0 Å². The molecule has 0 spiro atoms. The highest BCUT2D eigenvalue weighted by Crippen LogP contribution is 2.41. The van der Waals surface area contributed by atoms with Gasteiger partial charge in [0.25, 0.3) is 0 Å². The summed E-state index contributed by atoms with van der Waals surface area (Å²) in [6.07, 6.45) is 0. The molecule has 11 rings (SSSR count). The maximum atomic E-state index is 5.37. The lowest BCUT2D eigenvalue weighted by atomic mass is 9.89. The molecule has 4 nitrogen and oxygen atoms in total. The lowest BCUT2D eigenvalue weighted by Crippen LogP contribution is -2.09. The van der Waals surface area contributed by atoms with Crippen molar-refractivity contribution in [2.24, 2.45) is 0 Å². The highest BCUT2D eigenvalue weighted by Gasteiger charge is 2.21. The average molecular weight is 845 g/mol. The molecule has 0 N–H and O–H groups in total. The second-order valence-electron chi connectivity index (χ2n) is 16.2. The zero-order valence-corrected chi connectivity index (χ0v) is 36.2. The standard InChI is InChI=1S/C62H44N4/c1-5-21-45(22-6-1)55-31-15-19-35-59(55)61-63-62(60-36-20-16-32-56(60)46-23-7-2-8-24-46)66(64-61)52-43-39-48(40-44-52)54-30-14-18-34-58(54)57-33-17-13-29-53(57)47-37-41-51(42-38-47)65(49-25-9-3-10-26-49)50-27-11-4-12-28-50/h1-44H. The van der Waals surface area contributed by atoms with Crippen LogP contribution in [0.15, 0.2) is 267 Å². The van der Waals surface area contributed by atoms with E-state index in [1.165, 1.54) is 11.1 Å². The summed E-state index contributed by atoms with van der Waals surface area (Å²) in [4.78, 5) is 7.66. The molecule has 0 radical (unpaired) electrons. The fourth-order valence-electron chi connectivity index (χ4n) is 8.99. The Bertz CT molecular complexity index is 3340. The molecule has 4 heteroatoms. The van der Waals surface area contributed by atoms with Gasteiger partial charge in [0.15, 0.2) is 11.6 Å². The number of benzene rings is 10. The van der Waals surface area contributed by atoms with E-state index in [-0.39, 0.29) is 0 Å². The first-order chi connectivity index (χ1) is 32.8. The molecule has 1 aromatic heterocycles. The van der Waals surface area contributed by atoms with E-state index in [1.54, 1.807) is 0 Å². The molecule has 0 atom stereocenters. The molecule has 0 aliphatic carbocycles. The maximum absolute atomic E-state index is 5.37. The van der Waals surface area contributed by atoms with Crippen LogP contribution < -0.4 is 4.90 Å². The van der Waals surface area contributed by atoms with Gasteiger partial charge in [0.05, 0.1) is 5.69 Å². The molecule has 0 aliphatic heterocycles. The van der Waals surface area contributed by atoms with E-state index < -0.39 is 0 Å². The van der Waals surface area contributed by atoms with Crippen LogP contribution in [0.4, 0.5) is 17.1 Å². The zero-order chi connectivity index (χ0) is 44.1. The fourth-order valence-corrected chi connectivity index (χ4v) is 8.99. The van der Waals surface area contributed by atoms with Crippen molar-refractivity contribution < 1.29 is 0 Å². The number of nitrogens with zero attached hydrogens (tertiary/aromatic N) is 4. The van der Waals surface area contributed by atoms with Gasteiger partial charge in [0.2, 0.25) is 0 Å². The van der Waals surface area contributed by atoms with Gasteiger partial charge in [-0.1, -0.05) is 218 Å². The van der Waals surface area contributed by atoms with Gasteiger partial charge in [0, 0.05) is 28.2 Å². The summed E-state index contributed by atoms with van der Waals surface area (Å²) < 4.78 is 2.00. The average Bonchev–Trinajstić information content (AvgIpc) is 3.86. The Morgan fingerprint density at radius 3 is 1.05 bits per heavy atom. The molecule has 0 unspecified atom stereocenters. The Hall–Kier alpha value is -8.86. The Kier molecular flexibility index (Phi) is 10.9. The summed E-state index contributed by atoms with van der Waals surface area (Å²) in [5.74, 6) is 1.44. The highest BCUT2D eigenvalue weighted by atomic mass is 15.4. The minimum atomic E-state index is 0.666. The molecular formula is C62H44N4. The first-order valence-corrected chi connectivity index (χ1v) is 22.3. The van der Waals surface area contributed by atoms with Crippen LogP contribution in [0.5, 0.6) is 0 Å². The van der Waals surface area contributed by atoms with Crippen LogP contribution in [-0.2, 0) is 0 Å². The van der Waals surface area contributed by atoms with E-state index >= 15 is 0 Å². The van der Waals surface area contributed by atoms with Crippen molar-refractivity contribution in [1.29, 1.82) is 0 Å². The SMILES string of the molecule is c1ccc(-c2ccccc2-c2nc(-c3ccccc3-c3ccccc3)n(-c3ccc(-c4ccccc4-c4ccccc4-c4ccc(N(c5ccccc5)c5ccccc5)cc4)cc3)n2)cc1. The molecule has 10 aromatic carbocycles. The van der Waals surface area contributed by atoms with Crippen molar-refractivity contribution in [3.8, 4) is 84.1 Å². The van der Waals surface area contributed by atoms with Crippen LogP contribution in [0.1, 0.15) is 0 Å². The molecule has 1 heterocycles. The van der Waals surface area contributed by atoms with Crippen LogP contribution >= 0.6 is 0 Å². The number of anilines is 3. The van der Waals surface area contributed by atoms with E-state index in [0.717, 1.165) is 84.2 Å². The molecule has 0 amide bonds. The smallest absolute Gasteiger partial charge is 0.182 e. The summed E-state index contributed by atoms with van der Waals surface area (Å²) in [6.45, 7) is 0. The zero-order valence-electron chi connectivity index (χ0n) is 36.2. The summed E-state index contributed by atoms with van der Waals surface area (Å²) in [7, 11) is 0. The highest BCUT2D eigenvalue weighted by molar-refractivity contribution is 5.92. The minimum absolute atomic E-state index is 0.666. The summed E-state index contributed by atoms with van der Waals surface area (Å²) in [6, 6.07) is 94.0. The van der Waals surface area contributed by atoms with Crippen molar-refractivity contribution in [2.45, 2.75) is 0 Å². The number of hydrogen-bond acceptors (Lipinski definition) is 3. The number of para-hydroxylation sites is 2. The third-order valence-electron chi connectivity index (χ3n) is 12.1. The first kappa shape index (κ1) is 40.0. The molecule has 0 fully saturated rings. The van der Waals surface area contributed by atoms with E-state index in [2.05, 4.69) is 266 Å². The van der Waals surface area contributed by atoms with E-state index in [9.17, 15) is 0 Å². The number of aromatic nitrogens is 3. The third kappa shape index (κ3) is 7.89. The van der Waals surface area contributed by atoms with Gasteiger partial charge in [-0.2, -0.15) is 0 Å². The van der Waals surface area contributed by atoms with Gasteiger partial charge < -0.3 is 4.90 Å². The van der Waals surface area contributed by atoms with Gasteiger partial charge in [-0.15, -0.1) is 5.10 Å². The summed E-state index contributed by atoms with van der Waals surface area (Å²) in [5.41, 5.74) is 17.6. The van der Waals surface area contributed by atoms with Crippen LogP contribution in [-0.4, -0.2) is 14.8 Å². The molecule has 0 saturated carbocycles. The molecule has 66 heavy (non-hydrogen) atoms. The predicted octanol–water partition coefficient (Wildman–Crippen LogP) is 16.4. The lowest BCUT2D eigenvalue weighted by Gasteiger charge is -2.25. The Balaban J connectivity index is 0.975. The Labute approximate surface area is 386 Å². The van der Waals surface area contributed by atoms with Crippen molar-refractivity contribution in [2.75, 3.05) is 4.90 Å². The van der Waals surface area contributed by atoms with Crippen molar-refractivity contribution in [1.82, 2.24) is 14.8 Å². The largest absolute Gasteiger partial charge is 0.311 e. The van der Waals surface area contributed by atoms with Gasteiger partial charge in [0.1, 0.15) is 0 Å². The quantitative estimate of drug-likeness (QED) is 0.130. The van der Waals surface area contributed by atoms with Gasteiger partial charge in [-0.25, -0.2) is 9.67 Å². The predicted molar refractivity (Wildman–Crippen MR) is 274 cm³/mol. The number of hydrogen-bond donors (Lipinski definition) is 0. The molecule has 0 aliphatic rings. The number of rotatable bonds is 11. The third-order valence-corrected chi connectivity index (χ3v) is 12.1. The van der Waals surface area contributed by atoms with Crippen molar-refractivity contribution >= 4 is 17.1 Å². The Morgan fingerprint density at radius 2 is 0.576 bits per heavy atom. The van der Waals surface area contributed by atoms with Crippen LogP contribution in [0, 0.1) is 0 Å².